The number of nitrogens with zero attached hydrogens (tertiary/aromatic N) is 1. The molecule has 0 aliphatic heterocycles. The number of aliphatic carboxylic acids is 1. The fourth-order valence-electron chi connectivity index (χ4n) is 2.19. The van der Waals surface area contributed by atoms with E-state index in [0.29, 0.717) is 5.57 Å². The number of carboxylic acids is 1. The van der Waals surface area contributed by atoms with Crippen LogP contribution in [0.3, 0.4) is 0 Å². The predicted octanol–water partition coefficient (Wildman–Crippen LogP) is 5.38. The number of aryl methyl sites for hydroxylation is 3. The molecule has 132 valence electrons. The normalized spacial score (nSPS) is 11.6. The zero-order valence-corrected chi connectivity index (χ0v) is 15.7. The minimum Gasteiger partial charge on any atom is -0.478 e. The molecule has 0 amide bonds. The van der Waals surface area contributed by atoms with E-state index >= 15 is 0 Å². The van der Waals surface area contributed by atoms with Crippen molar-refractivity contribution in [2.75, 3.05) is 0 Å². The van der Waals surface area contributed by atoms with E-state index in [2.05, 4.69) is 44.0 Å². The molecule has 1 aromatic heterocycles. The highest BCUT2D eigenvalue weighted by Gasteiger charge is 1.98. The Morgan fingerprint density at radius 3 is 2.40 bits per heavy atom. The quantitative estimate of drug-likeness (QED) is 0.602. The number of carboxylic acid groups (broad SMARTS) is 1. The summed E-state index contributed by atoms with van der Waals surface area (Å²) in [7, 11) is 0. The summed E-state index contributed by atoms with van der Waals surface area (Å²) in [5.41, 5.74) is 6.55. The number of carbonyl (C=O) groups is 1. The van der Waals surface area contributed by atoms with E-state index in [-0.39, 0.29) is 0 Å². The van der Waals surface area contributed by atoms with E-state index in [1.54, 1.807) is 31.5 Å². The third-order valence-corrected chi connectivity index (χ3v) is 3.92. The Kier molecular flexibility index (Phi) is 8.34. The highest BCUT2D eigenvalue weighted by atomic mass is 16.4. The summed E-state index contributed by atoms with van der Waals surface area (Å²) < 4.78 is 0. The molecule has 3 nitrogen and oxygen atoms in total. The third-order valence-electron chi connectivity index (χ3n) is 3.92. The van der Waals surface area contributed by atoms with Gasteiger partial charge in [-0.05, 0) is 62.4 Å². The predicted molar refractivity (Wildman–Crippen MR) is 105 cm³/mol. The summed E-state index contributed by atoms with van der Waals surface area (Å²) in [6.45, 7) is 9.98. The molecule has 0 fully saturated rings. The first-order chi connectivity index (χ1) is 11.8. The SMILES string of the molecule is C/C(=C\C=C(/C)c1cccnc1)C(=O)O.CCc1cc(C)ccc1C. The maximum atomic E-state index is 10.5. The van der Waals surface area contributed by atoms with Crippen molar-refractivity contribution in [3.05, 3.63) is 82.7 Å². The highest BCUT2D eigenvalue weighted by Crippen LogP contribution is 2.12. The molecular weight excluding hydrogens is 310 g/mol. The van der Waals surface area contributed by atoms with Gasteiger partial charge < -0.3 is 5.11 Å². The molecule has 0 atom stereocenters. The van der Waals surface area contributed by atoms with Crippen LogP contribution in [0, 0.1) is 13.8 Å². The summed E-state index contributed by atoms with van der Waals surface area (Å²) in [6, 6.07) is 10.4. The third kappa shape index (κ3) is 7.17. The van der Waals surface area contributed by atoms with Crippen LogP contribution in [0.5, 0.6) is 0 Å². The molecule has 1 heterocycles. The van der Waals surface area contributed by atoms with Crippen molar-refractivity contribution >= 4 is 11.5 Å². The lowest BCUT2D eigenvalue weighted by molar-refractivity contribution is -0.132. The van der Waals surface area contributed by atoms with Gasteiger partial charge in [-0.1, -0.05) is 48.9 Å². The second kappa shape index (κ2) is 10.2. The van der Waals surface area contributed by atoms with E-state index in [9.17, 15) is 4.79 Å². The average Bonchev–Trinajstić information content (AvgIpc) is 2.62. The molecule has 2 rings (SSSR count). The fourth-order valence-corrected chi connectivity index (χ4v) is 2.19. The van der Waals surface area contributed by atoms with Crippen molar-refractivity contribution in [1.82, 2.24) is 4.98 Å². The van der Waals surface area contributed by atoms with Gasteiger partial charge in [-0.25, -0.2) is 4.79 Å². The van der Waals surface area contributed by atoms with Crippen LogP contribution in [0.15, 0.2) is 60.5 Å². The van der Waals surface area contributed by atoms with Gasteiger partial charge in [-0.2, -0.15) is 0 Å². The van der Waals surface area contributed by atoms with E-state index in [0.717, 1.165) is 17.6 Å². The van der Waals surface area contributed by atoms with Gasteiger partial charge >= 0.3 is 5.97 Å². The first-order valence-corrected chi connectivity index (χ1v) is 8.40. The maximum absolute atomic E-state index is 10.5. The Morgan fingerprint density at radius 2 is 1.88 bits per heavy atom. The lowest BCUT2D eigenvalue weighted by atomic mass is 10.0. The number of hydrogen-bond acceptors (Lipinski definition) is 2. The smallest absolute Gasteiger partial charge is 0.331 e. The highest BCUT2D eigenvalue weighted by molar-refractivity contribution is 5.86. The minimum absolute atomic E-state index is 0.318. The Hall–Kier alpha value is -2.68. The molecule has 1 N–H and O–H groups in total. The van der Waals surface area contributed by atoms with Gasteiger partial charge in [0.2, 0.25) is 0 Å². The Labute approximate surface area is 150 Å². The van der Waals surface area contributed by atoms with Crippen LogP contribution in [0.1, 0.15) is 43.0 Å². The molecule has 0 bridgehead atoms. The Balaban J connectivity index is 0.000000271. The summed E-state index contributed by atoms with van der Waals surface area (Å²) in [5.74, 6) is -0.898. The van der Waals surface area contributed by atoms with Crippen molar-refractivity contribution in [2.24, 2.45) is 0 Å². The monoisotopic (exact) mass is 337 g/mol. The Bertz CT molecular complexity index is 759. The van der Waals surface area contributed by atoms with Crippen LogP contribution in [0.2, 0.25) is 0 Å². The molecule has 0 radical (unpaired) electrons. The largest absolute Gasteiger partial charge is 0.478 e. The van der Waals surface area contributed by atoms with E-state index in [4.69, 9.17) is 5.11 Å². The zero-order valence-electron chi connectivity index (χ0n) is 15.7. The summed E-state index contributed by atoms with van der Waals surface area (Å²) in [6.07, 6.45) is 7.96. The lowest BCUT2D eigenvalue weighted by Crippen LogP contribution is -1.94. The fraction of sp³-hybridized carbons (Fsp3) is 0.273. The lowest BCUT2D eigenvalue weighted by Gasteiger charge is -2.02. The van der Waals surface area contributed by atoms with Crippen molar-refractivity contribution in [2.45, 2.75) is 41.0 Å². The Morgan fingerprint density at radius 1 is 1.16 bits per heavy atom. The van der Waals surface area contributed by atoms with Crippen LogP contribution < -0.4 is 0 Å². The van der Waals surface area contributed by atoms with E-state index in [1.165, 1.54) is 16.7 Å². The molecule has 0 unspecified atom stereocenters. The van der Waals surface area contributed by atoms with Crippen molar-refractivity contribution in [3.63, 3.8) is 0 Å². The molecule has 0 aliphatic carbocycles. The number of allylic oxidation sites excluding steroid dienone is 3. The molecule has 25 heavy (non-hydrogen) atoms. The maximum Gasteiger partial charge on any atom is 0.331 e. The van der Waals surface area contributed by atoms with Crippen molar-refractivity contribution < 1.29 is 9.90 Å². The molecule has 0 spiro atoms. The van der Waals surface area contributed by atoms with Crippen molar-refractivity contribution in [1.29, 1.82) is 0 Å². The molecule has 0 aliphatic rings. The van der Waals surface area contributed by atoms with Crippen LogP contribution in [-0.4, -0.2) is 16.1 Å². The molecule has 0 saturated heterocycles. The molecule has 1 aromatic carbocycles. The average molecular weight is 337 g/mol. The first kappa shape index (κ1) is 20.4. The number of rotatable bonds is 4. The molecule has 3 heteroatoms. The van der Waals surface area contributed by atoms with Crippen LogP contribution in [0.4, 0.5) is 0 Å². The molecular formula is C22H27NO2. The number of pyridine rings is 1. The minimum atomic E-state index is -0.898. The topological polar surface area (TPSA) is 50.2 Å². The second-order valence-electron chi connectivity index (χ2n) is 6.03. The number of hydrogen-bond donors (Lipinski definition) is 1. The van der Waals surface area contributed by atoms with Gasteiger partial charge in [0.25, 0.3) is 0 Å². The van der Waals surface area contributed by atoms with Gasteiger partial charge in [0.05, 0.1) is 0 Å². The standard InChI is InChI=1S/C12H13NO2.C10H14/c1-9(5-6-10(2)12(14)15)11-4-3-7-13-8-11;1-4-10-7-8(2)5-6-9(10)3/h3-8H,1-2H3,(H,14,15);5-7H,4H2,1-3H3/b9-5+,10-6+;. The van der Waals surface area contributed by atoms with E-state index < -0.39 is 5.97 Å². The molecule has 2 aromatic rings. The van der Waals surface area contributed by atoms with Gasteiger partial charge in [0.15, 0.2) is 0 Å². The van der Waals surface area contributed by atoms with Crippen LogP contribution in [-0.2, 0) is 11.2 Å². The summed E-state index contributed by atoms with van der Waals surface area (Å²) in [4.78, 5) is 14.5. The summed E-state index contributed by atoms with van der Waals surface area (Å²) in [5, 5.41) is 8.66. The van der Waals surface area contributed by atoms with Crippen LogP contribution in [0.25, 0.3) is 5.57 Å². The van der Waals surface area contributed by atoms with Gasteiger partial charge in [-0.15, -0.1) is 0 Å². The second-order valence-corrected chi connectivity index (χ2v) is 6.03. The van der Waals surface area contributed by atoms with Crippen molar-refractivity contribution in [3.8, 4) is 0 Å². The van der Waals surface area contributed by atoms with Gasteiger partial charge in [0.1, 0.15) is 0 Å². The van der Waals surface area contributed by atoms with E-state index in [1.807, 2.05) is 19.1 Å². The number of aromatic nitrogens is 1. The molecule has 0 saturated carbocycles. The zero-order chi connectivity index (χ0) is 18.8. The number of benzene rings is 1. The summed E-state index contributed by atoms with van der Waals surface area (Å²) >= 11 is 0. The van der Waals surface area contributed by atoms with Gasteiger partial charge in [-0.3, -0.25) is 4.98 Å². The first-order valence-electron chi connectivity index (χ1n) is 8.40. The van der Waals surface area contributed by atoms with Crippen LogP contribution >= 0.6 is 0 Å². The van der Waals surface area contributed by atoms with Gasteiger partial charge in [0, 0.05) is 18.0 Å².